The molecule has 24 heavy (non-hydrogen) atoms. The zero-order valence-corrected chi connectivity index (χ0v) is 14.6. The van der Waals surface area contributed by atoms with Gasteiger partial charge >= 0.3 is 0 Å². The van der Waals surface area contributed by atoms with Crippen LogP contribution in [0.1, 0.15) is 12.0 Å². The minimum atomic E-state index is -0.113. The van der Waals surface area contributed by atoms with Gasteiger partial charge in [0.05, 0.1) is 22.8 Å². The van der Waals surface area contributed by atoms with Crippen molar-refractivity contribution in [2.75, 3.05) is 32.8 Å². The second-order valence-corrected chi connectivity index (χ2v) is 6.69. The van der Waals surface area contributed by atoms with Crippen LogP contribution in [-0.2, 0) is 14.3 Å². The van der Waals surface area contributed by atoms with E-state index in [-0.39, 0.29) is 17.9 Å². The van der Waals surface area contributed by atoms with Gasteiger partial charge in [0.15, 0.2) is 0 Å². The Morgan fingerprint density at radius 2 is 2.04 bits per heavy atom. The highest BCUT2D eigenvalue weighted by Gasteiger charge is 2.30. The molecule has 0 radical (unpaired) electrons. The highest BCUT2D eigenvalue weighted by Crippen LogP contribution is 2.23. The Kier molecular flexibility index (Phi) is 5.43. The molecule has 1 unspecified atom stereocenters. The Morgan fingerprint density at radius 1 is 1.25 bits per heavy atom. The molecule has 128 valence electrons. The summed E-state index contributed by atoms with van der Waals surface area (Å²) in [6.07, 6.45) is 3.72. The molecule has 2 aliphatic heterocycles. The van der Waals surface area contributed by atoms with Gasteiger partial charge in [-0.1, -0.05) is 29.3 Å². The lowest BCUT2D eigenvalue weighted by Gasteiger charge is -2.20. The van der Waals surface area contributed by atoms with Crippen LogP contribution in [0.15, 0.2) is 24.3 Å². The number of benzene rings is 1. The van der Waals surface area contributed by atoms with Crippen LogP contribution in [0.4, 0.5) is 0 Å². The molecule has 1 aromatic carbocycles. The van der Waals surface area contributed by atoms with Crippen molar-refractivity contribution in [1.29, 1.82) is 0 Å². The minimum absolute atomic E-state index is 0.0780. The van der Waals surface area contributed by atoms with E-state index in [2.05, 4.69) is 0 Å². The molecular formula is C17H18Cl2N2O3. The van der Waals surface area contributed by atoms with E-state index >= 15 is 0 Å². The number of epoxide rings is 1. The molecular weight excluding hydrogens is 351 g/mol. The maximum absolute atomic E-state index is 12.3. The molecule has 0 saturated carbocycles. The van der Waals surface area contributed by atoms with Gasteiger partial charge in [-0.2, -0.15) is 0 Å². The van der Waals surface area contributed by atoms with Crippen molar-refractivity contribution in [3.63, 3.8) is 0 Å². The number of hydrogen-bond acceptors (Lipinski definition) is 3. The van der Waals surface area contributed by atoms with E-state index in [1.807, 2.05) is 0 Å². The fourth-order valence-electron chi connectivity index (χ4n) is 2.59. The van der Waals surface area contributed by atoms with Gasteiger partial charge in [-0.3, -0.25) is 9.59 Å². The summed E-state index contributed by atoms with van der Waals surface area (Å²) in [4.78, 5) is 27.9. The first-order valence-electron chi connectivity index (χ1n) is 7.84. The van der Waals surface area contributed by atoms with E-state index in [4.69, 9.17) is 27.9 Å². The monoisotopic (exact) mass is 368 g/mol. The van der Waals surface area contributed by atoms with E-state index in [0.717, 1.165) is 12.2 Å². The lowest BCUT2D eigenvalue weighted by molar-refractivity contribution is -0.130. The maximum atomic E-state index is 12.3. The van der Waals surface area contributed by atoms with Crippen LogP contribution in [0.5, 0.6) is 0 Å². The Balaban J connectivity index is 1.58. The normalized spacial score (nSPS) is 21.2. The molecule has 0 spiro atoms. The van der Waals surface area contributed by atoms with Crippen LogP contribution in [0, 0.1) is 0 Å². The molecule has 1 atom stereocenters. The molecule has 3 rings (SSSR count). The standard InChI is InChI=1S/C17H18Cl2N2O3/c18-14-3-1-12(9-15(14)19)2-4-16(22)20-6-5-17(23)21(8-7-20)10-13-11-24-13/h1-4,9,13H,5-8,10-11H2. The number of hydrogen-bond donors (Lipinski definition) is 0. The molecule has 2 fully saturated rings. The summed E-state index contributed by atoms with van der Waals surface area (Å²) in [5.74, 6) is -0.0346. The molecule has 0 aromatic heterocycles. The summed E-state index contributed by atoms with van der Waals surface area (Å²) < 4.78 is 5.17. The quantitative estimate of drug-likeness (QED) is 0.605. The third-order valence-electron chi connectivity index (χ3n) is 4.09. The topological polar surface area (TPSA) is 53.2 Å². The van der Waals surface area contributed by atoms with Gasteiger partial charge < -0.3 is 14.5 Å². The zero-order valence-electron chi connectivity index (χ0n) is 13.1. The third kappa shape index (κ3) is 4.50. The van der Waals surface area contributed by atoms with Crippen molar-refractivity contribution in [2.24, 2.45) is 0 Å². The number of amides is 2. The summed E-state index contributed by atoms with van der Waals surface area (Å²) in [7, 11) is 0. The van der Waals surface area contributed by atoms with Crippen LogP contribution in [0.3, 0.4) is 0 Å². The lowest BCUT2D eigenvalue weighted by Crippen LogP contribution is -2.37. The number of nitrogens with zero attached hydrogens (tertiary/aromatic N) is 2. The van der Waals surface area contributed by atoms with Gasteiger partial charge in [-0.15, -0.1) is 0 Å². The first-order valence-corrected chi connectivity index (χ1v) is 8.60. The molecule has 1 aromatic rings. The van der Waals surface area contributed by atoms with Crippen molar-refractivity contribution in [1.82, 2.24) is 9.80 Å². The van der Waals surface area contributed by atoms with Crippen LogP contribution in [-0.4, -0.2) is 60.5 Å². The molecule has 0 aliphatic carbocycles. The summed E-state index contributed by atoms with van der Waals surface area (Å²) in [6, 6.07) is 5.19. The summed E-state index contributed by atoms with van der Waals surface area (Å²) in [6.45, 7) is 2.86. The van der Waals surface area contributed by atoms with Crippen LogP contribution in [0.2, 0.25) is 10.0 Å². The van der Waals surface area contributed by atoms with Crippen LogP contribution >= 0.6 is 23.2 Å². The largest absolute Gasteiger partial charge is 0.371 e. The van der Waals surface area contributed by atoms with Gasteiger partial charge in [-0.05, 0) is 23.8 Å². The zero-order chi connectivity index (χ0) is 17.1. The van der Waals surface area contributed by atoms with E-state index < -0.39 is 0 Å². The van der Waals surface area contributed by atoms with Crippen molar-refractivity contribution < 1.29 is 14.3 Å². The Labute approximate surface area is 150 Å². The van der Waals surface area contributed by atoms with E-state index in [9.17, 15) is 9.59 Å². The molecule has 0 N–H and O–H groups in total. The van der Waals surface area contributed by atoms with E-state index in [1.165, 1.54) is 6.08 Å². The molecule has 2 heterocycles. The predicted molar refractivity (Wildman–Crippen MR) is 93.0 cm³/mol. The number of halogens is 2. The second-order valence-electron chi connectivity index (χ2n) is 5.88. The number of rotatable bonds is 4. The molecule has 2 aliphatic rings. The molecule has 5 nitrogen and oxygen atoms in total. The Morgan fingerprint density at radius 3 is 2.75 bits per heavy atom. The average Bonchev–Trinajstić information content (AvgIpc) is 3.39. The lowest BCUT2D eigenvalue weighted by atomic mass is 10.2. The van der Waals surface area contributed by atoms with E-state index in [1.54, 1.807) is 34.1 Å². The molecule has 2 amide bonds. The maximum Gasteiger partial charge on any atom is 0.246 e. The predicted octanol–water partition coefficient (Wildman–Crippen LogP) is 2.47. The van der Waals surface area contributed by atoms with Crippen LogP contribution in [0.25, 0.3) is 6.08 Å². The van der Waals surface area contributed by atoms with Crippen LogP contribution < -0.4 is 0 Å². The highest BCUT2D eigenvalue weighted by atomic mass is 35.5. The Bertz CT molecular complexity index is 674. The van der Waals surface area contributed by atoms with Crippen molar-refractivity contribution in [3.8, 4) is 0 Å². The van der Waals surface area contributed by atoms with Gasteiger partial charge in [-0.25, -0.2) is 0 Å². The fourth-order valence-corrected chi connectivity index (χ4v) is 2.89. The van der Waals surface area contributed by atoms with Crippen molar-refractivity contribution in [3.05, 3.63) is 39.9 Å². The highest BCUT2D eigenvalue weighted by molar-refractivity contribution is 6.42. The van der Waals surface area contributed by atoms with Gasteiger partial charge in [0, 0.05) is 38.7 Å². The van der Waals surface area contributed by atoms with Crippen molar-refractivity contribution in [2.45, 2.75) is 12.5 Å². The SMILES string of the molecule is O=C(C=Cc1ccc(Cl)c(Cl)c1)N1CCC(=O)N(CC2CO2)CC1. The number of carbonyl (C=O) groups excluding carboxylic acids is 2. The fraction of sp³-hybridized carbons (Fsp3) is 0.412. The van der Waals surface area contributed by atoms with Crippen molar-refractivity contribution >= 4 is 41.1 Å². The first kappa shape index (κ1) is 17.3. The summed E-state index contributed by atoms with van der Waals surface area (Å²) in [5, 5.41) is 0.926. The number of ether oxygens (including phenoxy) is 1. The molecule has 7 heteroatoms. The summed E-state index contributed by atoms with van der Waals surface area (Å²) >= 11 is 11.8. The van der Waals surface area contributed by atoms with Gasteiger partial charge in [0.25, 0.3) is 0 Å². The smallest absolute Gasteiger partial charge is 0.246 e. The Hall–Kier alpha value is -1.56. The number of carbonyl (C=O) groups is 2. The first-order chi connectivity index (χ1) is 11.5. The minimum Gasteiger partial charge on any atom is -0.371 e. The van der Waals surface area contributed by atoms with Gasteiger partial charge in [0.2, 0.25) is 11.8 Å². The van der Waals surface area contributed by atoms with Gasteiger partial charge in [0.1, 0.15) is 0 Å². The second kappa shape index (κ2) is 7.55. The average molecular weight is 369 g/mol. The molecule has 2 saturated heterocycles. The summed E-state index contributed by atoms with van der Waals surface area (Å²) in [5.41, 5.74) is 0.802. The van der Waals surface area contributed by atoms with E-state index in [0.29, 0.717) is 42.6 Å². The molecule has 0 bridgehead atoms. The third-order valence-corrected chi connectivity index (χ3v) is 4.83.